The maximum atomic E-state index is 5.23. The predicted octanol–water partition coefficient (Wildman–Crippen LogP) is 14.5. The third kappa shape index (κ3) is 6.21. The standard InChI is InChI=1S/C56H37N3/c1-4-17-37(18-5-1)44-23-10-11-24-46-45(44)29-16-30-51(46)56-58-54(39-21-8-3-9-22-39)57-55(59-56)43-34-32-40-35-42(33-31-41(40)36-43)53-49-27-14-12-25-47(49)52(38-19-6-2-7-20-38)48-26-13-15-28-50(48)53/h1-9,11-36H,10H2. The fraction of sp³-hybridized carbons (Fsp3) is 0.0179. The summed E-state index contributed by atoms with van der Waals surface area (Å²) in [5, 5.41) is 7.27. The van der Waals surface area contributed by atoms with Crippen molar-refractivity contribution in [2.45, 2.75) is 6.42 Å². The zero-order chi connectivity index (χ0) is 39.1. The molecule has 0 fully saturated rings. The molecule has 1 aliphatic carbocycles. The zero-order valence-electron chi connectivity index (χ0n) is 32.3. The van der Waals surface area contributed by atoms with E-state index in [-0.39, 0.29) is 0 Å². The van der Waals surface area contributed by atoms with Crippen LogP contribution in [0.4, 0.5) is 0 Å². The van der Waals surface area contributed by atoms with Crippen LogP contribution < -0.4 is 0 Å². The van der Waals surface area contributed by atoms with Crippen molar-refractivity contribution in [2.75, 3.05) is 0 Å². The number of hydrogen-bond acceptors (Lipinski definition) is 3. The molecule has 0 unspecified atom stereocenters. The van der Waals surface area contributed by atoms with E-state index in [1.807, 2.05) is 18.2 Å². The maximum absolute atomic E-state index is 5.23. The molecule has 0 aliphatic heterocycles. The van der Waals surface area contributed by atoms with E-state index in [0.29, 0.717) is 17.5 Å². The molecule has 0 bridgehead atoms. The molecule has 0 radical (unpaired) electrons. The highest BCUT2D eigenvalue weighted by Gasteiger charge is 2.20. The van der Waals surface area contributed by atoms with E-state index in [4.69, 9.17) is 15.0 Å². The van der Waals surface area contributed by atoms with E-state index in [1.54, 1.807) is 0 Å². The van der Waals surface area contributed by atoms with E-state index >= 15 is 0 Å². The first kappa shape index (κ1) is 34.5. The Morgan fingerprint density at radius 2 is 0.814 bits per heavy atom. The summed E-state index contributed by atoms with van der Waals surface area (Å²) < 4.78 is 0. The Kier molecular flexibility index (Phi) is 8.56. The molecule has 59 heavy (non-hydrogen) atoms. The van der Waals surface area contributed by atoms with Crippen LogP contribution in [-0.2, 0) is 0 Å². The molecular formula is C56H37N3. The summed E-state index contributed by atoms with van der Waals surface area (Å²) in [5.74, 6) is 1.94. The Morgan fingerprint density at radius 3 is 1.44 bits per heavy atom. The van der Waals surface area contributed by atoms with Gasteiger partial charge in [-0.2, -0.15) is 0 Å². The lowest BCUT2D eigenvalue weighted by atomic mass is 9.85. The summed E-state index contributed by atoms with van der Waals surface area (Å²) >= 11 is 0. The van der Waals surface area contributed by atoms with Crippen molar-refractivity contribution in [3.05, 3.63) is 223 Å². The van der Waals surface area contributed by atoms with Gasteiger partial charge in [0.15, 0.2) is 17.5 Å². The van der Waals surface area contributed by atoms with Crippen LogP contribution in [0.5, 0.6) is 0 Å². The van der Waals surface area contributed by atoms with Gasteiger partial charge in [-0.15, -0.1) is 0 Å². The number of fused-ring (bicyclic) bond motifs is 4. The molecular weight excluding hydrogens is 715 g/mol. The van der Waals surface area contributed by atoms with Gasteiger partial charge in [0.1, 0.15) is 0 Å². The van der Waals surface area contributed by atoms with Crippen LogP contribution in [-0.4, -0.2) is 15.0 Å². The number of allylic oxidation sites excluding steroid dienone is 2. The highest BCUT2D eigenvalue weighted by atomic mass is 15.0. The minimum Gasteiger partial charge on any atom is -0.208 e. The lowest BCUT2D eigenvalue weighted by Gasteiger charge is -2.18. The molecule has 0 spiro atoms. The fourth-order valence-electron chi connectivity index (χ4n) is 8.78. The van der Waals surface area contributed by atoms with E-state index in [2.05, 4.69) is 194 Å². The molecule has 3 nitrogen and oxygen atoms in total. The molecule has 0 atom stereocenters. The van der Waals surface area contributed by atoms with Crippen LogP contribution in [0, 0.1) is 0 Å². The van der Waals surface area contributed by atoms with Crippen molar-refractivity contribution in [3.8, 4) is 56.4 Å². The van der Waals surface area contributed by atoms with E-state index in [1.165, 1.54) is 60.5 Å². The number of aromatic nitrogens is 3. The Labute approximate surface area is 343 Å². The van der Waals surface area contributed by atoms with Gasteiger partial charge in [-0.3, -0.25) is 0 Å². The monoisotopic (exact) mass is 751 g/mol. The lowest BCUT2D eigenvalue weighted by molar-refractivity contribution is 1.07. The molecule has 1 aliphatic rings. The Balaban J connectivity index is 1.05. The number of hydrogen-bond donors (Lipinski definition) is 0. The first-order valence-electron chi connectivity index (χ1n) is 20.2. The Hall–Kier alpha value is -7.75. The highest BCUT2D eigenvalue weighted by Crippen LogP contribution is 2.44. The summed E-state index contributed by atoms with van der Waals surface area (Å²) in [6, 6.07) is 69.1. The minimum absolute atomic E-state index is 0.641. The number of rotatable bonds is 6. The van der Waals surface area contributed by atoms with Gasteiger partial charge in [0.25, 0.3) is 0 Å². The minimum atomic E-state index is 0.641. The topological polar surface area (TPSA) is 38.7 Å². The maximum Gasteiger partial charge on any atom is 0.164 e. The Morgan fingerprint density at radius 1 is 0.339 bits per heavy atom. The molecule has 9 aromatic carbocycles. The molecule has 0 N–H and O–H groups in total. The van der Waals surface area contributed by atoms with Crippen molar-refractivity contribution in [3.63, 3.8) is 0 Å². The van der Waals surface area contributed by atoms with Crippen LogP contribution in [0.3, 0.4) is 0 Å². The van der Waals surface area contributed by atoms with Gasteiger partial charge in [-0.25, -0.2) is 15.0 Å². The molecule has 276 valence electrons. The van der Waals surface area contributed by atoms with Crippen LogP contribution in [0.25, 0.3) is 100 Å². The first-order valence-corrected chi connectivity index (χ1v) is 20.2. The summed E-state index contributed by atoms with van der Waals surface area (Å²) in [6.07, 6.45) is 7.60. The first-order chi connectivity index (χ1) is 29.3. The number of benzene rings is 9. The average Bonchev–Trinajstić information content (AvgIpc) is 3.54. The van der Waals surface area contributed by atoms with Gasteiger partial charge in [0.05, 0.1) is 0 Å². The molecule has 0 saturated heterocycles. The SMILES string of the molecule is C1=Cc2c(cccc2-c2nc(-c3ccccc3)nc(-c3ccc4cc(-c5c6ccccc6c(-c6ccccc6)c6ccccc56)ccc4c3)n2)C(c2ccccc2)=CC1. The summed E-state index contributed by atoms with van der Waals surface area (Å²) in [6.45, 7) is 0. The molecule has 1 aromatic heterocycles. The molecule has 0 saturated carbocycles. The highest BCUT2D eigenvalue weighted by molar-refractivity contribution is 6.21. The van der Waals surface area contributed by atoms with E-state index in [0.717, 1.165) is 39.4 Å². The smallest absolute Gasteiger partial charge is 0.164 e. The van der Waals surface area contributed by atoms with Gasteiger partial charge >= 0.3 is 0 Å². The molecule has 0 amide bonds. The third-order valence-corrected chi connectivity index (χ3v) is 11.5. The van der Waals surface area contributed by atoms with Crippen LogP contribution in [0.2, 0.25) is 0 Å². The second-order valence-corrected chi connectivity index (χ2v) is 15.0. The lowest BCUT2D eigenvalue weighted by Crippen LogP contribution is -2.02. The van der Waals surface area contributed by atoms with Crippen molar-refractivity contribution in [1.29, 1.82) is 0 Å². The van der Waals surface area contributed by atoms with Gasteiger partial charge in [0.2, 0.25) is 0 Å². The summed E-state index contributed by atoms with van der Waals surface area (Å²) in [5.41, 5.74) is 12.5. The quantitative estimate of drug-likeness (QED) is 0.159. The second-order valence-electron chi connectivity index (χ2n) is 15.0. The fourth-order valence-corrected chi connectivity index (χ4v) is 8.78. The van der Waals surface area contributed by atoms with Crippen LogP contribution in [0.15, 0.2) is 206 Å². The normalized spacial score (nSPS) is 12.4. The van der Waals surface area contributed by atoms with Crippen molar-refractivity contribution in [2.24, 2.45) is 0 Å². The summed E-state index contributed by atoms with van der Waals surface area (Å²) in [7, 11) is 0. The van der Waals surface area contributed by atoms with Gasteiger partial charge in [-0.1, -0.05) is 200 Å². The van der Waals surface area contributed by atoms with Crippen molar-refractivity contribution < 1.29 is 0 Å². The predicted molar refractivity (Wildman–Crippen MR) is 247 cm³/mol. The largest absolute Gasteiger partial charge is 0.208 e. The molecule has 11 rings (SSSR count). The van der Waals surface area contributed by atoms with Gasteiger partial charge in [-0.05, 0) is 95.4 Å². The number of nitrogens with zero attached hydrogens (tertiary/aromatic N) is 3. The van der Waals surface area contributed by atoms with Crippen molar-refractivity contribution >= 4 is 44.0 Å². The summed E-state index contributed by atoms with van der Waals surface area (Å²) in [4.78, 5) is 15.5. The molecule has 3 heteroatoms. The molecule has 10 aromatic rings. The third-order valence-electron chi connectivity index (χ3n) is 11.5. The van der Waals surface area contributed by atoms with Gasteiger partial charge in [0, 0.05) is 16.7 Å². The zero-order valence-corrected chi connectivity index (χ0v) is 32.3. The van der Waals surface area contributed by atoms with E-state index < -0.39 is 0 Å². The molecule has 1 heterocycles. The second kappa shape index (κ2) is 14.6. The van der Waals surface area contributed by atoms with Crippen LogP contribution in [0.1, 0.15) is 23.1 Å². The van der Waals surface area contributed by atoms with Crippen LogP contribution >= 0.6 is 0 Å². The van der Waals surface area contributed by atoms with Gasteiger partial charge < -0.3 is 0 Å². The van der Waals surface area contributed by atoms with Crippen molar-refractivity contribution in [1.82, 2.24) is 15.0 Å². The average molecular weight is 752 g/mol. The Bertz CT molecular complexity index is 3220. The van der Waals surface area contributed by atoms with E-state index in [9.17, 15) is 0 Å².